The Balaban J connectivity index is 2.88. The summed E-state index contributed by atoms with van der Waals surface area (Å²) in [4.78, 5) is 2.12. The Morgan fingerprint density at radius 1 is 1.25 bits per heavy atom. The molecule has 0 aromatic heterocycles. The van der Waals surface area contributed by atoms with Crippen LogP contribution in [0.5, 0.6) is 0 Å². The maximum atomic E-state index is 8.88. The Labute approximate surface area is 107 Å². The van der Waals surface area contributed by atoms with Crippen molar-refractivity contribution in [3.63, 3.8) is 0 Å². The van der Waals surface area contributed by atoms with Crippen molar-refractivity contribution in [2.75, 3.05) is 20.7 Å². The monoisotopic (exact) mass is 261 g/mol. The molecule has 4 heteroatoms. The molecule has 0 spiro atoms. The number of halogens is 2. The number of aliphatic hydroxyl groups is 1. The van der Waals surface area contributed by atoms with E-state index in [1.165, 1.54) is 0 Å². The molecule has 1 N–H and O–H groups in total. The van der Waals surface area contributed by atoms with E-state index < -0.39 is 0 Å². The maximum Gasteiger partial charge on any atom is 0.0595 e. The molecule has 0 aliphatic heterocycles. The molecule has 0 radical (unpaired) electrons. The third-order valence-electron chi connectivity index (χ3n) is 2.59. The molecule has 0 bridgehead atoms. The van der Waals surface area contributed by atoms with E-state index in [4.69, 9.17) is 28.3 Å². The van der Waals surface area contributed by atoms with E-state index in [1.807, 2.05) is 32.3 Å². The lowest BCUT2D eigenvalue weighted by atomic mass is 10.0. The van der Waals surface area contributed by atoms with Gasteiger partial charge in [-0.1, -0.05) is 29.3 Å². The lowest BCUT2D eigenvalue weighted by molar-refractivity contribution is 0.235. The van der Waals surface area contributed by atoms with Crippen LogP contribution in [-0.2, 0) is 0 Å². The average molecular weight is 262 g/mol. The minimum absolute atomic E-state index is 0.214. The lowest BCUT2D eigenvalue weighted by Gasteiger charge is -2.24. The first kappa shape index (κ1) is 13.8. The van der Waals surface area contributed by atoms with Crippen molar-refractivity contribution in [1.82, 2.24) is 4.90 Å². The van der Waals surface area contributed by atoms with E-state index in [2.05, 4.69) is 4.90 Å². The highest BCUT2D eigenvalue weighted by Gasteiger charge is 2.14. The van der Waals surface area contributed by atoms with E-state index in [0.717, 1.165) is 18.4 Å². The van der Waals surface area contributed by atoms with Crippen molar-refractivity contribution in [1.29, 1.82) is 0 Å². The van der Waals surface area contributed by atoms with E-state index in [1.54, 1.807) is 0 Å². The molecule has 0 saturated carbocycles. The van der Waals surface area contributed by atoms with Crippen molar-refractivity contribution in [3.8, 4) is 0 Å². The molecule has 1 atom stereocenters. The molecule has 1 rings (SSSR count). The number of hydrogen-bond donors (Lipinski definition) is 1. The maximum absolute atomic E-state index is 8.88. The fraction of sp³-hybridized carbons (Fsp3) is 0.500. The molecule has 0 fully saturated rings. The van der Waals surface area contributed by atoms with Gasteiger partial charge in [-0.15, -0.1) is 0 Å². The van der Waals surface area contributed by atoms with Crippen LogP contribution in [0.4, 0.5) is 0 Å². The SMILES string of the molecule is CN(C)C(CCCO)c1ccc(Cl)c(Cl)c1. The Kier molecular flexibility index (Phi) is 5.56. The minimum Gasteiger partial charge on any atom is -0.396 e. The summed E-state index contributed by atoms with van der Waals surface area (Å²) in [5.41, 5.74) is 1.13. The summed E-state index contributed by atoms with van der Waals surface area (Å²) < 4.78 is 0. The quantitative estimate of drug-likeness (QED) is 0.879. The molecule has 1 unspecified atom stereocenters. The fourth-order valence-corrected chi connectivity index (χ4v) is 2.03. The van der Waals surface area contributed by atoms with Gasteiger partial charge in [0.2, 0.25) is 0 Å². The molecule has 16 heavy (non-hydrogen) atoms. The van der Waals surface area contributed by atoms with Crippen molar-refractivity contribution in [2.45, 2.75) is 18.9 Å². The van der Waals surface area contributed by atoms with Gasteiger partial charge < -0.3 is 10.0 Å². The Bertz CT molecular complexity index is 342. The second-order valence-corrected chi connectivity index (χ2v) is 4.83. The summed E-state index contributed by atoms with van der Waals surface area (Å²) >= 11 is 11.9. The molecule has 1 aromatic carbocycles. The fourth-order valence-electron chi connectivity index (χ4n) is 1.73. The zero-order chi connectivity index (χ0) is 12.1. The highest BCUT2D eigenvalue weighted by molar-refractivity contribution is 6.42. The van der Waals surface area contributed by atoms with E-state index in [9.17, 15) is 0 Å². The van der Waals surface area contributed by atoms with Crippen molar-refractivity contribution < 1.29 is 5.11 Å². The van der Waals surface area contributed by atoms with Gasteiger partial charge in [-0.05, 0) is 44.6 Å². The van der Waals surface area contributed by atoms with Gasteiger partial charge in [0, 0.05) is 12.6 Å². The van der Waals surface area contributed by atoms with Crippen molar-refractivity contribution in [2.24, 2.45) is 0 Å². The summed E-state index contributed by atoms with van der Waals surface area (Å²) in [6.07, 6.45) is 1.69. The standard InChI is InChI=1S/C12H17Cl2NO/c1-15(2)12(4-3-7-16)9-5-6-10(13)11(14)8-9/h5-6,8,12,16H,3-4,7H2,1-2H3. The van der Waals surface area contributed by atoms with Crippen LogP contribution in [0.15, 0.2) is 18.2 Å². The Hall–Kier alpha value is -0.280. The summed E-state index contributed by atoms with van der Waals surface area (Å²) in [5.74, 6) is 0. The van der Waals surface area contributed by atoms with E-state index in [-0.39, 0.29) is 12.6 Å². The van der Waals surface area contributed by atoms with Crippen LogP contribution in [0, 0.1) is 0 Å². The topological polar surface area (TPSA) is 23.5 Å². The molecule has 0 amide bonds. The largest absolute Gasteiger partial charge is 0.396 e. The summed E-state index contributed by atoms with van der Waals surface area (Å²) in [7, 11) is 4.04. The van der Waals surface area contributed by atoms with Gasteiger partial charge in [-0.3, -0.25) is 0 Å². The van der Waals surface area contributed by atoms with Crippen LogP contribution < -0.4 is 0 Å². The summed E-state index contributed by atoms with van der Waals surface area (Å²) in [6.45, 7) is 0.214. The van der Waals surface area contributed by atoms with Gasteiger partial charge >= 0.3 is 0 Å². The summed E-state index contributed by atoms with van der Waals surface area (Å²) in [6, 6.07) is 5.96. The van der Waals surface area contributed by atoms with Crippen LogP contribution in [0.25, 0.3) is 0 Å². The van der Waals surface area contributed by atoms with E-state index >= 15 is 0 Å². The Morgan fingerprint density at radius 2 is 1.94 bits per heavy atom. The van der Waals surface area contributed by atoms with Gasteiger partial charge in [0.1, 0.15) is 0 Å². The first-order valence-electron chi connectivity index (χ1n) is 5.28. The molecular formula is C12H17Cl2NO. The van der Waals surface area contributed by atoms with Gasteiger partial charge in [0.15, 0.2) is 0 Å². The number of aliphatic hydroxyl groups excluding tert-OH is 1. The third kappa shape index (κ3) is 3.63. The van der Waals surface area contributed by atoms with Crippen LogP contribution in [0.3, 0.4) is 0 Å². The number of nitrogens with zero attached hydrogens (tertiary/aromatic N) is 1. The van der Waals surface area contributed by atoms with Crippen LogP contribution in [0.2, 0.25) is 10.0 Å². The Morgan fingerprint density at radius 3 is 2.44 bits per heavy atom. The highest BCUT2D eigenvalue weighted by atomic mass is 35.5. The van der Waals surface area contributed by atoms with E-state index in [0.29, 0.717) is 10.0 Å². The van der Waals surface area contributed by atoms with Crippen LogP contribution in [0.1, 0.15) is 24.4 Å². The number of benzene rings is 1. The van der Waals surface area contributed by atoms with Crippen LogP contribution >= 0.6 is 23.2 Å². The number of hydrogen-bond acceptors (Lipinski definition) is 2. The average Bonchev–Trinajstić information content (AvgIpc) is 2.23. The van der Waals surface area contributed by atoms with Gasteiger partial charge in [0.05, 0.1) is 10.0 Å². The number of rotatable bonds is 5. The first-order chi connectivity index (χ1) is 7.56. The van der Waals surface area contributed by atoms with Gasteiger partial charge in [-0.25, -0.2) is 0 Å². The zero-order valence-corrected chi connectivity index (χ0v) is 11.1. The van der Waals surface area contributed by atoms with Gasteiger partial charge in [-0.2, -0.15) is 0 Å². The minimum atomic E-state index is 0.214. The molecule has 1 aromatic rings. The molecule has 2 nitrogen and oxygen atoms in total. The third-order valence-corrected chi connectivity index (χ3v) is 3.33. The van der Waals surface area contributed by atoms with Crippen LogP contribution in [-0.4, -0.2) is 30.7 Å². The smallest absolute Gasteiger partial charge is 0.0595 e. The van der Waals surface area contributed by atoms with Gasteiger partial charge in [0.25, 0.3) is 0 Å². The molecule has 90 valence electrons. The molecule has 0 heterocycles. The predicted octanol–water partition coefficient (Wildman–Crippen LogP) is 3.37. The normalized spacial score (nSPS) is 13.1. The van der Waals surface area contributed by atoms with Crippen molar-refractivity contribution >= 4 is 23.2 Å². The summed E-state index contributed by atoms with van der Waals surface area (Å²) in [5, 5.41) is 10.0. The van der Waals surface area contributed by atoms with Crippen molar-refractivity contribution in [3.05, 3.63) is 33.8 Å². The highest BCUT2D eigenvalue weighted by Crippen LogP contribution is 2.29. The molecule has 0 aliphatic carbocycles. The second-order valence-electron chi connectivity index (χ2n) is 4.02. The zero-order valence-electron chi connectivity index (χ0n) is 9.58. The first-order valence-corrected chi connectivity index (χ1v) is 6.04. The predicted molar refractivity (Wildman–Crippen MR) is 69.2 cm³/mol. The molecule has 0 aliphatic rings. The molecule has 0 saturated heterocycles. The molecular weight excluding hydrogens is 245 g/mol. The second kappa shape index (κ2) is 6.45. The lowest BCUT2D eigenvalue weighted by Crippen LogP contribution is -2.20.